The smallest absolute Gasteiger partial charge is 0.241 e. The number of sulfonamides is 1. The van der Waals surface area contributed by atoms with Crippen LogP contribution in [0.4, 0.5) is 5.69 Å². The van der Waals surface area contributed by atoms with Crippen LogP contribution in [0, 0.1) is 0 Å². The molecule has 0 aliphatic heterocycles. The van der Waals surface area contributed by atoms with Crippen LogP contribution in [-0.2, 0) is 19.6 Å². The third-order valence-corrected chi connectivity index (χ3v) is 5.05. The first-order valence-electron chi connectivity index (χ1n) is 7.53. The van der Waals surface area contributed by atoms with E-state index in [2.05, 4.69) is 15.4 Å². The molecule has 2 rings (SSSR count). The topological polar surface area (TPSA) is 104 Å². The second kappa shape index (κ2) is 7.56. The van der Waals surface area contributed by atoms with E-state index in [0.29, 0.717) is 5.69 Å². The predicted octanol–water partition coefficient (Wildman–Crippen LogP) is 0.982. The largest absolute Gasteiger partial charge is 0.352 e. The Morgan fingerprint density at radius 3 is 2.30 bits per heavy atom. The molecule has 1 aliphatic carbocycles. The van der Waals surface area contributed by atoms with Gasteiger partial charge in [0.05, 0.1) is 11.4 Å². The maximum atomic E-state index is 12.1. The van der Waals surface area contributed by atoms with E-state index in [9.17, 15) is 18.0 Å². The number of carbonyl (C=O) groups is 2. The lowest BCUT2D eigenvalue weighted by molar-refractivity contribution is -0.120. The van der Waals surface area contributed by atoms with Crippen LogP contribution in [0.2, 0.25) is 0 Å². The van der Waals surface area contributed by atoms with E-state index < -0.39 is 10.0 Å². The SMILES string of the molecule is CC(=O)Nc1ccc(S(=O)(=O)NCC(=O)NC2CCCC2)cc1. The number of rotatable bonds is 6. The highest BCUT2D eigenvalue weighted by Gasteiger charge is 2.19. The summed E-state index contributed by atoms with van der Waals surface area (Å²) in [5.74, 6) is -0.558. The lowest BCUT2D eigenvalue weighted by atomic mass is 10.2. The molecule has 0 unspecified atom stereocenters. The normalized spacial score (nSPS) is 15.3. The van der Waals surface area contributed by atoms with Crippen LogP contribution < -0.4 is 15.4 Å². The minimum absolute atomic E-state index is 0.0419. The van der Waals surface area contributed by atoms with Gasteiger partial charge in [-0.05, 0) is 37.1 Å². The minimum atomic E-state index is -3.76. The standard InChI is InChI=1S/C15H21N3O4S/c1-11(19)17-13-6-8-14(9-7-13)23(21,22)16-10-15(20)18-12-4-2-3-5-12/h6-9,12,16H,2-5,10H2,1H3,(H,17,19)(H,18,20). The van der Waals surface area contributed by atoms with Gasteiger partial charge in [-0.2, -0.15) is 0 Å². The maximum Gasteiger partial charge on any atom is 0.241 e. The van der Waals surface area contributed by atoms with Crippen molar-refractivity contribution < 1.29 is 18.0 Å². The molecule has 0 radical (unpaired) electrons. The van der Waals surface area contributed by atoms with E-state index >= 15 is 0 Å². The molecule has 0 bridgehead atoms. The Morgan fingerprint density at radius 1 is 1.13 bits per heavy atom. The van der Waals surface area contributed by atoms with Gasteiger partial charge in [0.2, 0.25) is 21.8 Å². The number of benzene rings is 1. The van der Waals surface area contributed by atoms with E-state index in [-0.39, 0.29) is 29.3 Å². The van der Waals surface area contributed by atoms with Crippen LogP contribution in [0.5, 0.6) is 0 Å². The first-order chi connectivity index (χ1) is 10.9. The van der Waals surface area contributed by atoms with Crippen molar-refractivity contribution in [2.24, 2.45) is 0 Å². The Labute approximate surface area is 135 Å². The van der Waals surface area contributed by atoms with Crippen molar-refractivity contribution in [3.63, 3.8) is 0 Å². The summed E-state index contributed by atoms with van der Waals surface area (Å²) in [7, 11) is -3.76. The number of carbonyl (C=O) groups excluding carboxylic acids is 2. The highest BCUT2D eigenvalue weighted by molar-refractivity contribution is 7.89. The van der Waals surface area contributed by atoms with E-state index in [1.165, 1.54) is 31.2 Å². The summed E-state index contributed by atoms with van der Waals surface area (Å²) in [6.45, 7) is 1.08. The van der Waals surface area contributed by atoms with E-state index in [4.69, 9.17) is 0 Å². The van der Waals surface area contributed by atoms with Crippen LogP contribution in [0.3, 0.4) is 0 Å². The number of nitrogens with one attached hydrogen (secondary N) is 3. The van der Waals surface area contributed by atoms with Crippen molar-refractivity contribution in [2.45, 2.75) is 43.5 Å². The van der Waals surface area contributed by atoms with Crippen LogP contribution in [-0.4, -0.2) is 32.8 Å². The molecule has 8 heteroatoms. The zero-order chi connectivity index (χ0) is 16.9. The van der Waals surface area contributed by atoms with Crippen molar-refractivity contribution in [1.82, 2.24) is 10.0 Å². The van der Waals surface area contributed by atoms with Gasteiger partial charge in [0.15, 0.2) is 0 Å². The molecule has 0 saturated heterocycles. The van der Waals surface area contributed by atoms with E-state index in [1.807, 2.05) is 0 Å². The van der Waals surface area contributed by atoms with Gasteiger partial charge >= 0.3 is 0 Å². The molecule has 126 valence electrons. The lowest BCUT2D eigenvalue weighted by Crippen LogP contribution is -2.40. The lowest BCUT2D eigenvalue weighted by Gasteiger charge is -2.12. The third-order valence-electron chi connectivity index (χ3n) is 3.63. The Hall–Kier alpha value is -1.93. The Bertz CT molecular complexity index is 664. The Kier molecular flexibility index (Phi) is 5.73. The number of amides is 2. The molecule has 0 heterocycles. The van der Waals surface area contributed by atoms with Crippen molar-refractivity contribution in [3.8, 4) is 0 Å². The molecule has 0 atom stereocenters. The molecule has 0 aromatic heterocycles. The summed E-state index contributed by atoms with van der Waals surface area (Å²) in [6, 6.07) is 5.90. The first-order valence-corrected chi connectivity index (χ1v) is 9.02. The summed E-state index contributed by atoms with van der Waals surface area (Å²) < 4.78 is 26.5. The van der Waals surface area contributed by atoms with Crippen molar-refractivity contribution in [2.75, 3.05) is 11.9 Å². The average Bonchev–Trinajstić information content (AvgIpc) is 2.98. The van der Waals surface area contributed by atoms with Crippen molar-refractivity contribution in [1.29, 1.82) is 0 Å². The van der Waals surface area contributed by atoms with Gasteiger partial charge in [0, 0.05) is 18.7 Å². The summed E-state index contributed by atoms with van der Waals surface area (Å²) in [4.78, 5) is 22.7. The van der Waals surface area contributed by atoms with Gasteiger partial charge in [-0.15, -0.1) is 0 Å². The average molecular weight is 339 g/mol. The van der Waals surface area contributed by atoms with Crippen molar-refractivity contribution in [3.05, 3.63) is 24.3 Å². The van der Waals surface area contributed by atoms with E-state index in [0.717, 1.165) is 25.7 Å². The Balaban J connectivity index is 1.90. The molecular weight excluding hydrogens is 318 g/mol. The van der Waals surface area contributed by atoms with Crippen LogP contribution in [0.25, 0.3) is 0 Å². The van der Waals surface area contributed by atoms with E-state index in [1.54, 1.807) is 0 Å². The fourth-order valence-electron chi connectivity index (χ4n) is 2.51. The molecule has 1 aromatic rings. The quantitative estimate of drug-likeness (QED) is 0.718. The molecule has 3 N–H and O–H groups in total. The summed E-state index contributed by atoms with van der Waals surface area (Å²) >= 11 is 0. The highest BCUT2D eigenvalue weighted by atomic mass is 32.2. The van der Waals surface area contributed by atoms with Crippen LogP contribution in [0.15, 0.2) is 29.2 Å². The fourth-order valence-corrected chi connectivity index (χ4v) is 3.50. The molecule has 1 fully saturated rings. The second-order valence-electron chi connectivity index (χ2n) is 5.58. The van der Waals surface area contributed by atoms with Gasteiger partial charge in [-0.1, -0.05) is 12.8 Å². The molecule has 1 aliphatic rings. The molecule has 23 heavy (non-hydrogen) atoms. The summed E-state index contributed by atoms with van der Waals surface area (Å²) in [5.41, 5.74) is 0.510. The van der Waals surface area contributed by atoms with Gasteiger partial charge in [-0.3, -0.25) is 9.59 Å². The van der Waals surface area contributed by atoms with Gasteiger partial charge in [0.25, 0.3) is 0 Å². The minimum Gasteiger partial charge on any atom is -0.352 e. The third kappa shape index (κ3) is 5.33. The number of anilines is 1. The van der Waals surface area contributed by atoms with Gasteiger partial charge < -0.3 is 10.6 Å². The zero-order valence-electron chi connectivity index (χ0n) is 13.0. The molecule has 7 nitrogen and oxygen atoms in total. The predicted molar refractivity (Wildman–Crippen MR) is 86.3 cm³/mol. The first kappa shape index (κ1) is 17.4. The molecule has 1 saturated carbocycles. The monoisotopic (exact) mass is 339 g/mol. The van der Waals surface area contributed by atoms with Crippen LogP contribution >= 0.6 is 0 Å². The van der Waals surface area contributed by atoms with Gasteiger partial charge in [0.1, 0.15) is 0 Å². The maximum absolute atomic E-state index is 12.1. The number of hydrogen-bond donors (Lipinski definition) is 3. The zero-order valence-corrected chi connectivity index (χ0v) is 13.8. The second-order valence-corrected chi connectivity index (χ2v) is 7.35. The molecule has 0 spiro atoms. The summed E-state index contributed by atoms with van der Waals surface area (Å²) in [6.07, 6.45) is 4.08. The Morgan fingerprint density at radius 2 is 1.74 bits per heavy atom. The molecular formula is C15H21N3O4S. The van der Waals surface area contributed by atoms with Crippen LogP contribution in [0.1, 0.15) is 32.6 Å². The highest BCUT2D eigenvalue weighted by Crippen LogP contribution is 2.17. The van der Waals surface area contributed by atoms with Crippen molar-refractivity contribution >= 4 is 27.5 Å². The fraction of sp³-hybridized carbons (Fsp3) is 0.467. The molecule has 2 amide bonds. The number of hydrogen-bond acceptors (Lipinski definition) is 4. The van der Waals surface area contributed by atoms with Gasteiger partial charge in [-0.25, -0.2) is 13.1 Å². The molecule has 1 aromatic carbocycles. The summed E-state index contributed by atoms with van der Waals surface area (Å²) in [5, 5.41) is 5.38.